The molecule has 13 heteroatoms. The normalized spacial score (nSPS) is 20.7. The quantitative estimate of drug-likeness (QED) is 0.368. The zero-order chi connectivity index (χ0) is 36.3. The Morgan fingerprint density at radius 3 is 1.68 bits per heavy atom. The number of para-hydroxylation sites is 1. The number of rotatable bonds is 6. The number of nitrogens with one attached hydrogen (secondary N) is 3. The van der Waals surface area contributed by atoms with Gasteiger partial charge in [-0.3, -0.25) is 4.90 Å². The maximum absolute atomic E-state index is 12.6. The highest BCUT2D eigenvalue weighted by Gasteiger charge is 2.32. The van der Waals surface area contributed by atoms with Gasteiger partial charge in [0.25, 0.3) is 0 Å². The topological polar surface area (TPSA) is 142 Å². The van der Waals surface area contributed by atoms with Crippen LogP contribution in [-0.2, 0) is 16.0 Å². The van der Waals surface area contributed by atoms with Gasteiger partial charge in [0.1, 0.15) is 17.0 Å². The van der Waals surface area contributed by atoms with E-state index in [0.717, 1.165) is 32.5 Å². The molecular weight excluding hydrogens is 640 g/mol. The number of amides is 5. The van der Waals surface area contributed by atoms with E-state index in [4.69, 9.17) is 14.2 Å². The Hall–Kier alpha value is -4.52. The van der Waals surface area contributed by atoms with Crippen molar-refractivity contribution in [1.29, 1.82) is 0 Å². The fraction of sp³-hybridized carbons (Fsp3) is 0.568. The molecule has 3 atom stereocenters. The van der Waals surface area contributed by atoms with Crippen LogP contribution in [0.1, 0.15) is 66.4 Å². The average Bonchev–Trinajstić information content (AvgIpc) is 3.79. The van der Waals surface area contributed by atoms with Crippen molar-refractivity contribution in [1.82, 2.24) is 30.7 Å². The Kier molecular flexibility index (Phi) is 13.3. The molecule has 0 unspecified atom stereocenters. The van der Waals surface area contributed by atoms with E-state index >= 15 is 0 Å². The van der Waals surface area contributed by atoms with Gasteiger partial charge in [-0.25, -0.2) is 19.2 Å². The summed E-state index contributed by atoms with van der Waals surface area (Å²) in [5.41, 5.74) is 0.243. The third-order valence-corrected chi connectivity index (χ3v) is 8.16. The zero-order valence-electron chi connectivity index (χ0n) is 30.3. The number of likely N-dealkylation sites (tertiary alicyclic amines) is 3. The summed E-state index contributed by atoms with van der Waals surface area (Å²) in [4.78, 5) is 54.0. The number of carbonyl (C=O) groups is 4. The Bertz CT molecular complexity index is 1410. The first kappa shape index (κ1) is 38.3. The summed E-state index contributed by atoms with van der Waals surface area (Å²) >= 11 is 0. The Balaban J connectivity index is 0.000000232. The molecule has 3 aliphatic heterocycles. The van der Waals surface area contributed by atoms with E-state index in [1.807, 2.05) is 53.7 Å². The molecule has 13 nitrogen and oxygen atoms in total. The molecule has 3 heterocycles. The summed E-state index contributed by atoms with van der Waals surface area (Å²) in [5.74, 6) is 0.510. The van der Waals surface area contributed by atoms with Gasteiger partial charge in [0.2, 0.25) is 0 Å². The summed E-state index contributed by atoms with van der Waals surface area (Å²) in [6, 6.07) is 19.3. The smallest absolute Gasteiger partial charge is 0.415 e. The molecule has 0 spiro atoms. The molecule has 50 heavy (non-hydrogen) atoms. The number of ether oxygens (including phenoxy) is 3. The lowest BCUT2D eigenvalue weighted by Crippen LogP contribution is -2.46. The van der Waals surface area contributed by atoms with Crippen molar-refractivity contribution in [3.8, 4) is 5.75 Å². The first-order chi connectivity index (χ1) is 23.6. The van der Waals surface area contributed by atoms with Gasteiger partial charge in [0.15, 0.2) is 0 Å². The lowest BCUT2D eigenvalue weighted by atomic mass is 10.2. The van der Waals surface area contributed by atoms with Gasteiger partial charge >= 0.3 is 24.3 Å². The second-order valence-electron chi connectivity index (χ2n) is 15.0. The van der Waals surface area contributed by atoms with Gasteiger partial charge in [-0.1, -0.05) is 48.5 Å². The fourth-order valence-corrected chi connectivity index (χ4v) is 5.91. The van der Waals surface area contributed by atoms with E-state index in [-0.39, 0.29) is 24.2 Å². The van der Waals surface area contributed by atoms with Crippen LogP contribution in [0.25, 0.3) is 0 Å². The lowest BCUT2D eigenvalue weighted by Gasteiger charge is -2.23. The number of benzene rings is 2. The molecular formula is C37H54N6O7. The molecule has 3 saturated heterocycles. The summed E-state index contributed by atoms with van der Waals surface area (Å²) < 4.78 is 15.8. The highest BCUT2D eigenvalue weighted by atomic mass is 16.6. The van der Waals surface area contributed by atoms with E-state index in [9.17, 15) is 19.2 Å². The summed E-state index contributed by atoms with van der Waals surface area (Å²) in [6.07, 6.45) is 1.11. The van der Waals surface area contributed by atoms with Gasteiger partial charge in [-0.2, -0.15) is 0 Å². The van der Waals surface area contributed by atoms with E-state index in [2.05, 4.69) is 45.1 Å². The van der Waals surface area contributed by atoms with Gasteiger partial charge < -0.3 is 40.0 Å². The summed E-state index contributed by atoms with van der Waals surface area (Å²) in [7, 11) is 0. The molecule has 5 rings (SSSR count). The van der Waals surface area contributed by atoms with Gasteiger partial charge in [0.05, 0.1) is 12.1 Å². The van der Waals surface area contributed by atoms with Crippen molar-refractivity contribution in [2.24, 2.45) is 0 Å². The molecule has 2 aromatic carbocycles. The van der Waals surface area contributed by atoms with Crippen LogP contribution in [0.15, 0.2) is 60.7 Å². The van der Waals surface area contributed by atoms with Crippen LogP contribution in [0, 0.1) is 0 Å². The first-order valence-corrected chi connectivity index (χ1v) is 17.4. The number of hydrogen-bond donors (Lipinski definition) is 3. The minimum Gasteiger partial charge on any atom is -0.444 e. The van der Waals surface area contributed by atoms with Crippen molar-refractivity contribution in [2.75, 3.05) is 39.3 Å². The largest absolute Gasteiger partial charge is 0.444 e. The number of alkyl carbamates (subject to hydrolysis) is 2. The van der Waals surface area contributed by atoms with Crippen molar-refractivity contribution < 1.29 is 33.4 Å². The van der Waals surface area contributed by atoms with Crippen LogP contribution in [0.5, 0.6) is 5.75 Å². The molecule has 3 N–H and O–H groups in total. The summed E-state index contributed by atoms with van der Waals surface area (Å²) in [5, 5.41) is 8.78. The van der Waals surface area contributed by atoms with E-state index < -0.39 is 29.5 Å². The SMILES string of the molecule is CC(C)(C)OC(=O)N[C@@H]1CCN(C(=O)N[C@@H]2CCN(Cc3ccccc3)C2)C1.CC(C)(C)OC(=O)N[C@@H]1CCN(C(=O)Oc2ccccc2)C1. The van der Waals surface area contributed by atoms with Crippen LogP contribution in [0.4, 0.5) is 19.2 Å². The fourth-order valence-electron chi connectivity index (χ4n) is 5.91. The standard InChI is InChI=1S/C21H32N4O3.C16H22N2O4/c1-21(2,3)28-20(27)23-18-10-12-25(15-18)19(26)22-17-9-11-24(14-17)13-16-7-5-4-6-8-16;1-16(2,3)22-14(19)17-12-9-10-18(11-12)15(20)21-13-7-5-4-6-8-13/h4-8,17-18H,9-15H2,1-3H3,(H,22,26)(H,23,27);4-8,12H,9-11H2,1-3H3,(H,17,19)/t17-,18-;12-/m11/s1. The van der Waals surface area contributed by atoms with Crippen molar-refractivity contribution in [3.05, 3.63) is 66.2 Å². The highest BCUT2D eigenvalue weighted by molar-refractivity contribution is 5.75. The highest BCUT2D eigenvalue weighted by Crippen LogP contribution is 2.17. The lowest BCUT2D eigenvalue weighted by molar-refractivity contribution is 0.0494. The molecule has 0 aromatic heterocycles. The monoisotopic (exact) mass is 694 g/mol. The van der Waals surface area contributed by atoms with Crippen LogP contribution >= 0.6 is 0 Å². The molecule has 2 aromatic rings. The Morgan fingerprint density at radius 2 is 1.12 bits per heavy atom. The van der Waals surface area contributed by atoms with Crippen LogP contribution in [0.3, 0.4) is 0 Å². The second kappa shape index (κ2) is 17.4. The minimum absolute atomic E-state index is 0.0416. The molecule has 3 fully saturated rings. The Labute approximate surface area is 296 Å². The third-order valence-electron chi connectivity index (χ3n) is 8.16. The van der Waals surface area contributed by atoms with Crippen LogP contribution < -0.4 is 20.7 Å². The summed E-state index contributed by atoms with van der Waals surface area (Å²) in [6.45, 7) is 15.8. The molecule has 3 aliphatic rings. The predicted octanol–water partition coefficient (Wildman–Crippen LogP) is 5.35. The molecule has 0 bridgehead atoms. The van der Waals surface area contributed by atoms with Crippen LogP contribution in [0.2, 0.25) is 0 Å². The number of hydrogen-bond acceptors (Lipinski definition) is 8. The second-order valence-corrected chi connectivity index (χ2v) is 15.0. The molecule has 274 valence electrons. The number of nitrogens with zero attached hydrogens (tertiary/aromatic N) is 3. The van der Waals surface area contributed by atoms with E-state index in [1.54, 1.807) is 34.1 Å². The van der Waals surface area contributed by atoms with Gasteiger partial charge in [-0.05, 0) is 78.5 Å². The van der Waals surface area contributed by atoms with Gasteiger partial charge in [0, 0.05) is 51.9 Å². The Morgan fingerprint density at radius 1 is 0.640 bits per heavy atom. The van der Waals surface area contributed by atoms with Crippen LogP contribution in [-0.4, -0.2) is 108 Å². The first-order valence-electron chi connectivity index (χ1n) is 17.4. The molecule has 0 radical (unpaired) electrons. The molecule has 0 aliphatic carbocycles. The third kappa shape index (κ3) is 13.4. The zero-order valence-corrected chi connectivity index (χ0v) is 30.3. The van der Waals surface area contributed by atoms with Crippen molar-refractivity contribution in [3.63, 3.8) is 0 Å². The molecule has 0 saturated carbocycles. The van der Waals surface area contributed by atoms with E-state index in [1.165, 1.54) is 5.56 Å². The minimum atomic E-state index is -0.533. The van der Waals surface area contributed by atoms with Crippen molar-refractivity contribution >= 4 is 24.3 Å². The number of urea groups is 1. The van der Waals surface area contributed by atoms with Crippen molar-refractivity contribution in [2.45, 2.75) is 96.7 Å². The van der Waals surface area contributed by atoms with E-state index in [0.29, 0.717) is 38.3 Å². The number of carbonyl (C=O) groups excluding carboxylic acids is 4. The average molecular weight is 695 g/mol. The maximum atomic E-state index is 12.6. The maximum Gasteiger partial charge on any atom is 0.415 e. The predicted molar refractivity (Wildman–Crippen MR) is 190 cm³/mol. The molecule has 5 amide bonds. The van der Waals surface area contributed by atoms with Gasteiger partial charge in [-0.15, -0.1) is 0 Å².